The zero-order valence-electron chi connectivity index (χ0n) is 9.25. The van der Waals surface area contributed by atoms with E-state index in [4.69, 9.17) is 0 Å². The molecule has 82 valence electrons. The number of ketones is 1. The fourth-order valence-corrected chi connectivity index (χ4v) is 1.68. The number of allylic oxidation sites excluding steroid dienone is 2. The van der Waals surface area contributed by atoms with Gasteiger partial charge in [-0.2, -0.15) is 0 Å². The molecule has 0 heterocycles. The van der Waals surface area contributed by atoms with E-state index in [9.17, 15) is 9.59 Å². The minimum Gasteiger partial charge on any atom is -0.344 e. The molecule has 1 N–H and O–H groups in total. The number of carbonyl (C=O) groups excluding carboxylic acids is 2. The zero-order chi connectivity index (χ0) is 11.3. The standard InChI is InChI=1S/C12H17NO2/c1-3-4-7-12(13-10(2)14)8-5-11(15)6-9-12/h5-6,8-9H,3-4,7H2,1-2H3,(H,13,14). The Morgan fingerprint density at radius 3 is 2.47 bits per heavy atom. The van der Waals surface area contributed by atoms with E-state index < -0.39 is 5.54 Å². The van der Waals surface area contributed by atoms with Gasteiger partial charge in [0, 0.05) is 6.92 Å². The van der Waals surface area contributed by atoms with Gasteiger partial charge in [-0.25, -0.2) is 0 Å². The van der Waals surface area contributed by atoms with Gasteiger partial charge in [0.15, 0.2) is 5.78 Å². The highest BCUT2D eigenvalue weighted by Crippen LogP contribution is 2.21. The van der Waals surface area contributed by atoms with Gasteiger partial charge in [0.05, 0.1) is 5.54 Å². The molecule has 3 heteroatoms. The third kappa shape index (κ3) is 3.35. The molecule has 0 bridgehead atoms. The monoisotopic (exact) mass is 207 g/mol. The van der Waals surface area contributed by atoms with Crippen molar-refractivity contribution in [3.05, 3.63) is 24.3 Å². The third-order valence-electron chi connectivity index (χ3n) is 2.44. The van der Waals surface area contributed by atoms with Gasteiger partial charge >= 0.3 is 0 Å². The van der Waals surface area contributed by atoms with E-state index in [0.29, 0.717) is 0 Å². The summed E-state index contributed by atoms with van der Waals surface area (Å²) in [5.74, 6) is -0.0952. The molecule has 0 saturated heterocycles. The van der Waals surface area contributed by atoms with E-state index in [1.165, 1.54) is 19.1 Å². The average Bonchev–Trinajstić information content (AvgIpc) is 2.19. The lowest BCUT2D eigenvalue weighted by Crippen LogP contribution is -2.45. The highest BCUT2D eigenvalue weighted by atomic mass is 16.1. The Bertz CT molecular complexity index is 300. The fraction of sp³-hybridized carbons (Fsp3) is 0.500. The molecule has 1 amide bonds. The van der Waals surface area contributed by atoms with Crippen LogP contribution >= 0.6 is 0 Å². The Morgan fingerprint density at radius 2 is 2.00 bits per heavy atom. The molecule has 0 aromatic heterocycles. The van der Waals surface area contributed by atoms with E-state index >= 15 is 0 Å². The first kappa shape index (κ1) is 11.7. The van der Waals surface area contributed by atoms with Gasteiger partial charge in [-0.15, -0.1) is 0 Å². The van der Waals surface area contributed by atoms with Crippen molar-refractivity contribution in [2.75, 3.05) is 0 Å². The Hall–Kier alpha value is -1.38. The minimum atomic E-state index is -0.449. The van der Waals surface area contributed by atoms with E-state index in [-0.39, 0.29) is 11.7 Å². The Kier molecular flexibility index (Phi) is 3.83. The van der Waals surface area contributed by atoms with Gasteiger partial charge in [-0.3, -0.25) is 9.59 Å². The van der Waals surface area contributed by atoms with Gasteiger partial charge in [-0.1, -0.05) is 31.9 Å². The highest BCUT2D eigenvalue weighted by molar-refractivity contribution is 6.00. The number of unbranched alkanes of at least 4 members (excludes halogenated alkanes) is 1. The molecule has 1 aliphatic carbocycles. The van der Waals surface area contributed by atoms with Crippen LogP contribution in [-0.2, 0) is 9.59 Å². The first-order valence-corrected chi connectivity index (χ1v) is 5.29. The lowest BCUT2D eigenvalue weighted by atomic mass is 9.88. The summed E-state index contributed by atoms with van der Waals surface area (Å²) in [6.07, 6.45) is 9.53. The van der Waals surface area contributed by atoms with Crippen molar-refractivity contribution in [3.8, 4) is 0 Å². The smallest absolute Gasteiger partial charge is 0.217 e. The summed E-state index contributed by atoms with van der Waals surface area (Å²) in [5.41, 5.74) is -0.449. The molecule has 0 aromatic rings. The number of nitrogens with one attached hydrogen (secondary N) is 1. The predicted molar refractivity (Wildman–Crippen MR) is 59.4 cm³/mol. The second-order valence-corrected chi connectivity index (χ2v) is 3.89. The van der Waals surface area contributed by atoms with Crippen LogP contribution in [0, 0.1) is 0 Å². The van der Waals surface area contributed by atoms with Crippen LogP contribution in [0.15, 0.2) is 24.3 Å². The van der Waals surface area contributed by atoms with E-state index in [2.05, 4.69) is 12.2 Å². The number of carbonyl (C=O) groups is 2. The summed E-state index contributed by atoms with van der Waals surface area (Å²) >= 11 is 0. The van der Waals surface area contributed by atoms with Gasteiger partial charge in [0.2, 0.25) is 5.91 Å². The number of rotatable bonds is 4. The van der Waals surface area contributed by atoms with Crippen molar-refractivity contribution >= 4 is 11.7 Å². The van der Waals surface area contributed by atoms with Crippen LogP contribution in [0.2, 0.25) is 0 Å². The minimum absolute atomic E-state index is 0.0209. The van der Waals surface area contributed by atoms with Crippen molar-refractivity contribution in [2.24, 2.45) is 0 Å². The summed E-state index contributed by atoms with van der Waals surface area (Å²) in [4.78, 5) is 22.1. The molecule has 1 rings (SSSR count). The number of amides is 1. The third-order valence-corrected chi connectivity index (χ3v) is 2.44. The molecular formula is C12H17NO2. The summed E-state index contributed by atoms with van der Waals surface area (Å²) < 4.78 is 0. The van der Waals surface area contributed by atoms with Gasteiger partial charge in [0.1, 0.15) is 0 Å². The van der Waals surface area contributed by atoms with E-state index in [1.807, 2.05) is 0 Å². The maximum atomic E-state index is 11.1. The fourth-order valence-electron chi connectivity index (χ4n) is 1.68. The van der Waals surface area contributed by atoms with Crippen molar-refractivity contribution in [1.29, 1.82) is 0 Å². The van der Waals surface area contributed by atoms with Gasteiger partial charge < -0.3 is 5.32 Å². The summed E-state index contributed by atoms with van der Waals surface area (Å²) in [6.45, 7) is 3.59. The topological polar surface area (TPSA) is 46.2 Å². The zero-order valence-corrected chi connectivity index (χ0v) is 9.25. The summed E-state index contributed by atoms with van der Waals surface area (Å²) in [7, 11) is 0. The molecule has 3 nitrogen and oxygen atoms in total. The van der Waals surface area contributed by atoms with Crippen LogP contribution in [0.1, 0.15) is 33.1 Å². The van der Waals surface area contributed by atoms with Crippen LogP contribution < -0.4 is 5.32 Å². The molecule has 0 aliphatic heterocycles. The normalized spacial score (nSPS) is 17.9. The largest absolute Gasteiger partial charge is 0.344 e. The summed E-state index contributed by atoms with van der Waals surface area (Å²) in [6, 6.07) is 0. The van der Waals surface area contributed by atoms with E-state index in [1.54, 1.807) is 12.2 Å². The van der Waals surface area contributed by atoms with Crippen molar-refractivity contribution in [1.82, 2.24) is 5.32 Å². The van der Waals surface area contributed by atoms with Crippen LogP contribution in [-0.4, -0.2) is 17.2 Å². The lowest BCUT2D eigenvalue weighted by molar-refractivity contribution is -0.120. The molecule has 15 heavy (non-hydrogen) atoms. The maximum Gasteiger partial charge on any atom is 0.217 e. The van der Waals surface area contributed by atoms with Crippen LogP contribution in [0.5, 0.6) is 0 Å². The molecule has 0 fully saturated rings. The Labute approximate surface area is 90.2 Å². The quantitative estimate of drug-likeness (QED) is 0.763. The Morgan fingerprint density at radius 1 is 1.40 bits per heavy atom. The number of hydrogen-bond acceptors (Lipinski definition) is 2. The predicted octanol–water partition coefficient (Wildman–Crippen LogP) is 1.75. The summed E-state index contributed by atoms with van der Waals surface area (Å²) in [5, 5.41) is 2.89. The molecule has 0 spiro atoms. The average molecular weight is 207 g/mol. The molecule has 0 unspecified atom stereocenters. The lowest BCUT2D eigenvalue weighted by Gasteiger charge is -2.29. The molecule has 0 saturated carbocycles. The maximum absolute atomic E-state index is 11.1. The molecule has 0 atom stereocenters. The van der Waals surface area contributed by atoms with Gasteiger partial charge in [0.25, 0.3) is 0 Å². The second kappa shape index (κ2) is 4.91. The van der Waals surface area contributed by atoms with Crippen LogP contribution in [0.4, 0.5) is 0 Å². The van der Waals surface area contributed by atoms with Crippen LogP contribution in [0.3, 0.4) is 0 Å². The first-order valence-electron chi connectivity index (χ1n) is 5.29. The van der Waals surface area contributed by atoms with E-state index in [0.717, 1.165) is 19.3 Å². The van der Waals surface area contributed by atoms with Gasteiger partial charge in [-0.05, 0) is 18.6 Å². The van der Waals surface area contributed by atoms with Crippen molar-refractivity contribution in [2.45, 2.75) is 38.6 Å². The molecule has 1 aliphatic rings. The van der Waals surface area contributed by atoms with Crippen molar-refractivity contribution in [3.63, 3.8) is 0 Å². The molecule has 0 radical (unpaired) electrons. The number of hydrogen-bond donors (Lipinski definition) is 1. The molecule has 0 aromatic carbocycles. The Balaban J connectivity index is 2.77. The molecular weight excluding hydrogens is 190 g/mol. The second-order valence-electron chi connectivity index (χ2n) is 3.89. The van der Waals surface area contributed by atoms with Crippen LogP contribution in [0.25, 0.3) is 0 Å². The first-order chi connectivity index (χ1) is 7.08. The van der Waals surface area contributed by atoms with Crippen molar-refractivity contribution < 1.29 is 9.59 Å². The SMILES string of the molecule is CCCCC1(NC(C)=O)C=CC(=O)C=C1. The highest BCUT2D eigenvalue weighted by Gasteiger charge is 2.26.